The van der Waals surface area contributed by atoms with E-state index in [4.69, 9.17) is 9.47 Å². The molecule has 2 unspecified atom stereocenters. The van der Waals surface area contributed by atoms with Gasteiger partial charge in [-0.2, -0.15) is 0 Å². The van der Waals surface area contributed by atoms with Gasteiger partial charge in [-0.3, -0.25) is 0 Å². The van der Waals surface area contributed by atoms with Crippen LogP contribution in [0.3, 0.4) is 0 Å². The Labute approximate surface area is 122 Å². The lowest BCUT2D eigenvalue weighted by Crippen LogP contribution is -2.60. The highest BCUT2D eigenvalue weighted by Gasteiger charge is 2.46. The molecule has 20 heavy (non-hydrogen) atoms. The van der Waals surface area contributed by atoms with E-state index in [0.29, 0.717) is 6.04 Å². The average Bonchev–Trinajstić information content (AvgIpc) is 2.48. The average molecular weight is 277 g/mol. The van der Waals surface area contributed by atoms with Crippen LogP contribution in [-0.2, 0) is 4.74 Å². The largest absolute Gasteiger partial charge is 0.497 e. The van der Waals surface area contributed by atoms with Crippen LogP contribution < -0.4 is 10.1 Å². The van der Waals surface area contributed by atoms with Gasteiger partial charge in [0, 0.05) is 12.5 Å². The first-order chi connectivity index (χ1) is 9.80. The number of methoxy groups -OCH3 is 1. The summed E-state index contributed by atoms with van der Waals surface area (Å²) in [7, 11) is 1.66. The van der Waals surface area contributed by atoms with Crippen molar-refractivity contribution in [2.75, 3.05) is 20.3 Å². The Hall–Kier alpha value is -1.06. The topological polar surface area (TPSA) is 30.5 Å². The second-order valence-electron chi connectivity index (χ2n) is 5.54. The molecule has 1 aromatic carbocycles. The smallest absolute Gasteiger partial charge is 0.118 e. The molecule has 2 fully saturated rings. The van der Waals surface area contributed by atoms with E-state index in [0.717, 1.165) is 18.9 Å². The van der Waals surface area contributed by atoms with E-state index >= 15 is 0 Å². The van der Waals surface area contributed by atoms with Gasteiger partial charge in [-0.25, -0.2) is 0 Å². The predicted molar refractivity (Wildman–Crippen MR) is 82.2 cm³/mol. The third-order valence-corrected chi connectivity index (χ3v) is 4.32. The van der Waals surface area contributed by atoms with E-state index in [1.807, 2.05) is 30.3 Å². The van der Waals surface area contributed by atoms with Crippen LogP contribution in [-0.4, -0.2) is 31.9 Å². The number of likely N-dealkylation sites (N-methyl/N-ethyl adjacent to an activating group) is 1. The molecule has 2 atom stereocenters. The molecule has 3 nitrogen and oxygen atoms in total. The van der Waals surface area contributed by atoms with Crippen LogP contribution in [0.4, 0.5) is 0 Å². The zero-order valence-electron chi connectivity index (χ0n) is 12.7. The van der Waals surface area contributed by atoms with Crippen molar-refractivity contribution in [2.45, 2.75) is 50.7 Å². The maximum absolute atomic E-state index is 5.76. The maximum atomic E-state index is 5.76. The lowest BCUT2D eigenvalue weighted by Gasteiger charge is -2.50. The number of benzene rings is 1. The Bertz CT molecular complexity index is 374. The standard InChI is InChI=1S/C10H19NO.C7H8O/c1-2-11-9-5-3-4-6-10(9)7-8-12-10;1-8-7-5-3-2-4-6-7/h9,11H,2-8H2,1H3;2-6H,1H3. The van der Waals surface area contributed by atoms with Crippen LogP contribution >= 0.6 is 0 Å². The zero-order valence-corrected chi connectivity index (χ0v) is 12.7. The molecular weight excluding hydrogens is 250 g/mol. The van der Waals surface area contributed by atoms with Crippen LogP contribution in [0.2, 0.25) is 0 Å². The molecule has 0 bridgehead atoms. The van der Waals surface area contributed by atoms with Gasteiger partial charge in [-0.05, 0) is 31.5 Å². The van der Waals surface area contributed by atoms with E-state index in [1.54, 1.807) is 7.11 Å². The van der Waals surface area contributed by atoms with Gasteiger partial charge in [0.1, 0.15) is 5.75 Å². The number of para-hydroxylation sites is 1. The van der Waals surface area contributed by atoms with Crippen molar-refractivity contribution in [3.8, 4) is 5.75 Å². The zero-order chi connectivity index (χ0) is 14.3. The van der Waals surface area contributed by atoms with Crippen molar-refractivity contribution in [1.29, 1.82) is 0 Å². The molecule has 1 saturated heterocycles. The molecule has 1 saturated carbocycles. The van der Waals surface area contributed by atoms with Gasteiger partial charge < -0.3 is 14.8 Å². The number of hydrogen-bond donors (Lipinski definition) is 1. The summed E-state index contributed by atoms with van der Waals surface area (Å²) < 4.78 is 10.7. The quantitative estimate of drug-likeness (QED) is 0.918. The molecule has 1 spiro atoms. The fourth-order valence-corrected chi connectivity index (χ4v) is 3.14. The van der Waals surface area contributed by atoms with Gasteiger partial charge in [0.2, 0.25) is 0 Å². The third-order valence-electron chi connectivity index (χ3n) is 4.32. The molecule has 2 aliphatic rings. The lowest BCUT2D eigenvalue weighted by molar-refractivity contribution is -0.181. The van der Waals surface area contributed by atoms with Gasteiger partial charge in [0.05, 0.1) is 19.3 Å². The second kappa shape index (κ2) is 7.65. The van der Waals surface area contributed by atoms with Crippen LogP contribution in [0.15, 0.2) is 30.3 Å². The molecule has 3 rings (SSSR count). The minimum atomic E-state index is 0.258. The third kappa shape index (κ3) is 3.74. The predicted octanol–water partition coefficient (Wildman–Crippen LogP) is 3.39. The molecule has 3 heteroatoms. The Morgan fingerprint density at radius 2 is 2.00 bits per heavy atom. The summed E-state index contributed by atoms with van der Waals surface area (Å²) >= 11 is 0. The SMILES string of the molecule is CCNC1CCCCC12CCO2.COc1ccccc1. The fraction of sp³-hybridized carbons (Fsp3) is 0.647. The number of ether oxygens (including phenoxy) is 2. The lowest BCUT2D eigenvalue weighted by atomic mass is 9.75. The molecule has 1 aliphatic heterocycles. The normalized spacial score (nSPS) is 28.2. The van der Waals surface area contributed by atoms with Crippen molar-refractivity contribution in [1.82, 2.24) is 5.32 Å². The van der Waals surface area contributed by atoms with E-state index < -0.39 is 0 Å². The van der Waals surface area contributed by atoms with Crippen molar-refractivity contribution in [2.24, 2.45) is 0 Å². The molecule has 0 radical (unpaired) electrons. The van der Waals surface area contributed by atoms with Crippen molar-refractivity contribution in [3.05, 3.63) is 30.3 Å². The Balaban J connectivity index is 0.000000160. The highest BCUT2D eigenvalue weighted by molar-refractivity contribution is 5.20. The number of hydrogen-bond acceptors (Lipinski definition) is 3. The van der Waals surface area contributed by atoms with Gasteiger partial charge in [-0.15, -0.1) is 0 Å². The highest BCUT2D eigenvalue weighted by Crippen LogP contribution is 2.40. The van der Waals surface area contributed by atoms with Crippen LogP contribution in [0.1, 0.15) is 39.0 Å². The minimum absolute atomic E-state index is 0.258. The van der Waals surface area contributed by atoms with Gasteiger partial charge >= 0.3 is 0 Å². The van der Waals surface area contributed by atoms with Gasteiger partial charge in [0.15, 0.2) is 0 Å². The van der Waals surface area contributed by atoms with Crippen LogP contribution in [0, 0.1) is 0 Å². The van der Waals surface area contributed by atoms with Crippen LogP contribution in [0.5, 0.6) is 5.75 Å². The Morgan fingerprint density at radius 1 is 1.25 bits per heavy atom. The van der Waals surface area contributed by atoms with Gasteiger partial charge in [0.25, 0.3) is 0 Å². The second-order valence-corrected chi connectivity index (χ2v) is 5.54. The summed E-state index contributed by atoms with van der Waals surface area (Å²) in [5, 5.41) is 3.55. The van der Waals surface area contributed by atoms with Crippen molar-refractivity contribution < 1.29 is 9.47 Å². The Kier molecular flexibility index (Phi) is 5.86. The van der Waals surface area contributed by atoms with Crippen molar-refractivity contribution in [3.63, 3.8) is 0 Å². The fourth-order valence-electron chi connectivity index (χ4n) is 3.14. The molecular formula is C17H27NO2. The molecule has 1 N–H and O–H groups in total. The maximum Gasteiger partial charge on any atom is 0.118 e. The van der Waals surface area contributed by atoms with E-state index in [2.05, 4.69) is 12.2 Å². The summed E-state index contributed by atoms with van der Waals surface area (Å²) in [6.07, 6.45) is 6.62. The summed E-state index contributed by atoms with van der Waals surface area (Å²) in [6.45, 7) is 4.25. The molecule has 1 aromatic rings. The van der Waals surface area contributed by atoms with E-state index in [1.165, 1.54) is 32.1 Å². The monoisotopic (exact) mass is 277 g/mol. The number of nitrogens with one attached hydrogen (secondary N) is 1. The van der Waals surface area contributed by atoms with Gasteiger partial charge in [-0.1, -0.05) is 38.0 Å². The number of rotatable bonds is 3. The van der Waals surface area contributed by atoms with Crippen molar-refractivity contribution >= 4 is 0 Å². The summed E-state index contributed by atoms with van der Waals surface area (Å²) in [5.74, 6) is 0.910. The van der Waals surface area contributed by atoms with E-state index in [-0.39, 0.29) is 5.60 Å². The van der Waals surface area contributed by atoms with Crippen LogP contribution in [0.25, 0.3) is 0 Å². The minimum Gasteiger partial charge on any atom is -0.497 e. The summed E-state index contributed by atoms with van der Waals surface area (Å²) in [4.78, 5) is 0. The molecule has 0 amide bonds. The Morgan fingerprint density at radius 3 is 2.50 bits per heavy atom. The molecule has 1 aliphatic carbocycles. The molecule has 1 heterocycles. The molecule has 0 aromatic heterocycles. The highest BCUT2D eigenvalue weighted by atomic mass is 16.5. The first kappa shape index (κ1) is 15.3. The van der Waals surface area contributed by atoms with E-state index in [9.17, 15) is 0 Å². The summed E-state index contributed by atoms with van der Waals surface area (Å²) in [5.41, 5.74) is 0.258. The summed E-state index contributed by atoms with van der Waals surface area (Å²) in [6, 6.07) is 10.3. The molecule has 112 valence electrons. The first-order valence-corrected chi connectivity index (χ1v) is 7.77. The first-order valence-electron chi connectivity index (χ1n) is 7.77.